The summed E-state index contributed by atoms with van der Waals surface area (Å²) in [7, 11) is 3.99. The number of ether oxygens (including phenoxy) is 5. The molecule has 0 aromatic carbocycles. The molecule has 1 amide bonds. The number of hydrogen-bond acceptors (Lipinski definition) is 12. The number of esters is 5. The Kier molecular flexibility index (Phi) is 46.5. The first-order valence-electron chi connectivity index (χ1n) is 29.7. The molecule has 0 fully saturated rings. The molecule has 0 aromatic heterocycles. The summed E-state index contributed by atoms with van der Waals surface area (Å²) in [5.74, 6) is -1.79. The molecule has 13 nitrogen and oxygen atoms in total. The third-order valence-electron chi connectivity index (χ3n) is 13.3. The number of hydrogen-bond donors (Lipinski definition) is 0. The number of amides is 1. The first-order chi connectivity index (χ1) is 34.8. The van der Waals surface area contributed by atoms with E-state index in [0.717, 1.165) is 148 Å². The van der Waals surface area contributed by atoms with Gasteiger partial charge in [-0.05, 0) is 117 Å². The normalized spacial score (nSPS) is 13.0. The van der Waals surface area contributed by atoms with E-state index in [9.17, 15) is 28.8 Å². The van der Waals surface area contributed by atoms with Gasteiger partial charge in [-0.15, -0.1) is 0 Å². The lowest BCUT2D eigenvalue weighted by atomic mass is 10.1. The summed E-state index contributed by atoms with van der Waals surface area (Å²) in [6.07, 6.45) is 29.6. The summed E-state index contributed by atoms with van der Waals surface area (Å²) in [4.78, 5) is 82.5. The summed E-state index contributed by atoms with van der Waals surface area (Å²) in [6, 6.07) is -0.740. The minimum absolute atomic E-state index is 0.0105. The van der Waals surface area contributed by atoms with Gasteiger partial charge in [-0.1, -0.05) is 144 Å². The molecule has 422 valence electrons. The maximum Gasteiger partial charge on any atom is 0.306 e. The lowest BCUT2D eigenvalue weighted by molar-refractivity contribution is -0.156. The Morgan fingerprint density at radius 3 is 1.01 bits per heavy atom. The molecule has 0 saturated heterocycles. The molecule has 0 saturated carbocycles. The van der Waals surface area contributed by atoms with Crippen LogP contribution in [0.3, 0.4) is 0 Å². The van der Waals surface area contributed by atoms with Crippen LogP contribution < -0.4 is 0 Å². The molecule has 13 heteroatoms. The van der Waals surface area contributed by atoms with Gasteiger partial charge in [0.2, 0.25) is 5.91 Å². The quantitative estimate of drug-likeness (QED) is 0.0323. The lowest BCUT2D eigenvalue weighted by Gasteiger charge is -2.31. The van der Waals surface area contributed by atoms with Crippen LogP contribution >= 0.6 is 0 Å². The number of rotatable bonds is 51. The van der Waals surface area contributed by atoms with Crippen molar-refractivity contribution >= 4 is 35.8 Å². The molecule has 0 rings (SSSR count). The fraction of sp³-hybridized carbons (Fsp3) is 0.898. The highest BCUT2D eigenvalue weighted by Gasteiger charge is 2.28. The molecule has 0 aliphatic rings. The Hall–Kier alpha value is -3.22. The number of carbonyl (C=O) groups is 6. The SMILES string of the molecule is CCCCCCC(CCC)OC(=O)CCCCCCC(=O)OCC(COC(=O)CCCCCCC(=O)OC(CCC)CCCCCC)N(CCCCN(C)C)C(=O)CCC(=O)OC(CCC)CCCCCC. The lowest BCUT2D eigenvalue weighted by Crippen LogP contribution is -2.47. The van der Waals surface area contributed by atoms with Gasteiger partial charge >= 0.3 is 29.8 Å². The fourth-order valence-electron chi connectivity index (χ4n) is 8.99. The Labute approximate surface area is 440 Å². The molecular weight excluding hydrogens is 913 g/mol. The maximum absolute atomic E-state index is 14.1. The standard InChI is InChI=1S/C59H110N2O11/c1-9-15-18-25-37-51(34-12-4)70-57(65)42-30-23-21-28-40-55(63)68-48-50(49-69-56(64)41-29-22-24-31-43-58(66)71-52(35-13-5)38-26-19-16-10-2)61(47-33-32-46-60(7)8)54(62)44-45-59(67)72-53(36-14-6)39-27-20-17-11-3/h50-53H,9-49H2,1-8H3. The second kappa shape index (κ2) is 48.7. The highest BCUT2D eigenvalue weighted by molar-refractivity contribution is 5.82. The predicted molar refractivity (Wildman–Crippen MR) is 290 cm³/mol. The van der Waals surface area contributed by atoms with Crippen molar-refractivity contribution in [2.45, 2.75) is 303 Å². The largest absolute Gasteiger partial charge is 0.463 e. The van der Waals surface area contributed by atoms with Gasteiger partial charge in [0.1, 0.15) is 31.5 Å². The van der Waals surface area contributed by atoms with Crippen molar-refractivity contribution in [3.63, 3.8) is 0 Å². The summed E-state index contributed by atoms with van der Waals surface area (Å²) in [6.45, 7) is 13.7. The van der Waals surface area contributed by atoms with Gasteiger partial charge in [-0.25, -0.2) is 0 Å². The van der Waals surface area contributed by atoms with E-state index in [1.54, 1.807) is 4.90 Å². The van der Waals surface area contributed by atoms with E-state index >= 15 is 0 Å². The summed E-state index contributed by atoms with van der Waals surface area (Å²) < 4.78 is 29.1. The van der Waals surface area contributed by atoms with Crippen molar-refractivity contribution in [1.82, 2.24) is 9.80 Å². The van der Waals surface area contributed by atoms with Gasteiger partial charge in [0.25, 0.3) is 0 Å². The second-order valence-corrected chi connectivity index (χ2v) is 20.7. The van der Waals surface area contributed by atoms with Crippen LogP contribution in [-0.4, -0.2) is 110 Å². The molecule has 0 aromatic rings. The van der Waals surface area contributed by atoms with Crippen molar-refractivity contribution in [2.75, 3.05) is 40.4 Å². The first-order valence-corrected chi connectivity index (χ1v) is 29.7. The van der Waals surface area contributed by atoms with Gasteiger partial charge < -0.3 is 33.5 Å². The van der Waals surface area contributed by atoms with Gasteiger partial charge in [0, 0.05) is 38.6 Å². The molecule has 0 aliphatic heterocycles. The molecule has 3 unspecified atom stereocenters. The Morgan fingerprint density at radius 2 is 0.667 bits per heavy atom. The molecule has 72 heavy (non-hydrogen) atoms. The molecule has 0 spiro atoms. The molecule has 0 radical (unpaired) electrons. The van der Waals surface area contributed by atoms with E-state index in [1.165, 1.54) is 25.7 Å². The zero-order chi connectivity index (χ0) is 53.5. The monoisotopic (exact) mass is 1020 g/mol. The van der Waals surface area contributed by atoms with Crippen molar-refractivity contribution in [1.29, 1.82) is 0 Å². The van der Waals surface area contributed by atoms with Gasteiger partial charge in [0.05, 0.1) is 12.5 Å². The van der Waals surface area contributed by atoms with E-state index in [2.05, 4.69) is 46.4 Å². The van der Waals surface area contributed by atoms with Crippen molar-refractivity contribution in [2.24, 2.45) is 0 Å². The van der Waals surface area contributed by atoms with Crippen LogP contribution in [0, 0.1) is 0 Å². The maximum atomic E-state index is 14.1. The van der Waals surface area contributed by atoms with Crippen LogP contribution in [0.5, 0.6) is 0 Å². The number of carbonyl (C=O) groups excluding carboxylic acids is 6. The predicted octanol–water partition coefficient (Wildman–Crippen LogP) is 14.1. The van der Waals surface area contributed by atoms with E-state index < -0.39 is 23.9 Å². The number of nitrogens with zero attached hydrogens (tertiary/aromatic N) is 2. The molecule has 0 heterocycles. The van der Waals surface area contributed by atoms with E-state index in [0.29, 0.717) is 51.5 Å². The van der Waals surface area contributed by atoms with Crippen molar-refractivity contribution < 1.29 is 52.5 Å². The van der Waals surface area contributed by atoms with Gasteiger partial charge in [-0.2, -0.15) is 0 Å². The zero-order valence-electron chi connectivity index (χ0n) is 47.7. The molecule has 0 aliphatic carbocycles. The molecule has 0 N–H and O–H groups in total. The Balaban J connectivity index is 5.59. The second-order valence-electron chi connectivity index (χ2n) is 20.7. The molecule has 0 bridgehead atoms. The van der Waals surface area contributed by atoms with Gasteiger partial charge in [0.15, 0.2) is 0 Å². The Bertz CT molecular complexity index is 1300. The van der Waals surface area contributed by atoms with Crippen LogP contribution in [0.1, 0.15) is 279 Å². The van der Waals surface area contributed by atoms with Crippen LogP contribution in [0.25, 0.3) is 0 Å². The third-order valence-corrected chi connectivity index (χ3v) is 13.3. The Morgan fingerprint density at radius 1 is 0.333 bits per heavy atom. The van der Waals surface area contributed by atoms with Crippen LogP contribution in [-0.2, 0) is 52.5 Å². The average molecular weight is 1020 g/mol. The summed E-state index contributed by atoms with van der Waals surface area (Å²) >= 11 is 0. The van der Waals surface area contributed by atoms with Crippen molar-refractivity contribution in [3.8, 4) is 0 Å². The highest BCUT2D eigenvalue weighted by atomic mass is 16.6. The summed E-state index contributed by atoms with van der Waals surface area (Å²) in [5.41, 5.74) is 0. The van der Waals surface area contributed by atoms with Crippen molar-refractivity contribution in [3.05, 3.63) is 0 Å². The van der Waals surface area contributed by atoms with Crippen LogP contribution in [0.15, 0.2) is 0 Å². The zero-order valence-corrected chi connectivity index (χ0v) is 47.7. The van der Waals surface area contributed by atoms with Crippen LogP contribution in [0.4, 0.5) is 0 Å². The fourth-order valence-corrected chi connectivity index (χ4v) is 8.99. The minimum atomic E-state index is -0.740. The smallest absolute Gasteiger partial charge is 0.306 e. The highest BCUT2D eigenvalue weighted by Crippen LogP contribution is 2.19. The average Bonchev–Trinajstić information content (AvgIpc) is 3.34. The van der Waals surface area contributed by atoms with E-state index in [1.807, 2.05) is 14.1 Å². The first kappa shape index (κ1) is 68.8. The molecule has 3 atom stereocenters. The minimum Gasteiger partial charge on any atom is -0.463 e. The number of unbranched alkanes of at least 4 members (excludes halogenated alkanes) is 16. The summed E-state index contributed by atoms with van der Waals surface area (Å²) in [5, 5.41) is 0. The third kappa shape index (κ3) is 41.2. The van der Waals surface area contributed by atoms with E-state index in [-0.39, 0.29) is 75.1 Å². The van der Waals surface area contributed by atoms with Gasteiger partial charge in [-0.3, -0.25) is 28.8 Å². The van der Waals surface area contributed by atoms with E-state index in [4.69, 9.17) is 23.7 Å². The topological polar surface area (TPSA) is 155 Å². The molecular formula is C59H110N2O11. The van der Waals surface area contributed by atoms with Crippen LogP contribution in [0.2, 0.25) is 0 Å².